The van der Waals surface area contributed by atoms with Crippen molar-refractivity contribution in [2.24, 2.45) is 33.5 Å². The third-order valence-electron chi connectivity index (χ3n) is 9.35. The van der Waals surface area contributed by atoms with Crippen molar-refractivity contribution in [1.29, 1.82) is 0 Å². The van der Waals surface area contributed by atoms with Crippen LogP contribution in [-0.2, 0) is 9.59 Å². The molecule has 0 spiro atoms. The lowest BCUT2D eigenvalue weighted by atomic mass is 9.68. The summed E-state index contributed by atoms with van der Waals surface area (Å²) in [6.45, 7) is 18.4. The average Bonchev–Trinajstić information content (AvgIpc) is 3.36. The molecule has 0 saturated heterocycles. The van der Waals surface area contributed by atoms with Gasteiger partial charge in [-0.05, 0) is 61.2 Å². The van der Waals surface area contributed by atoms with Crippen LogP contribution >= 0.6 is 0 Å². The first kappa shape index (κ1) is 19.7. The van der Waals surface area contributed by atoms with E-state index in [1.165, 1.54) is 0 Å². The van der Waals surface area contributed by atoms with Gasteiger partial charge in [0, 0.05) is 13.1 Å². The van der Waals surface area contributed by atoms with Crippen LogP contribution in [-0.4, -0.2) is 24.9 Å². The van der Waals surface area contributed by atoms with Gasteiger partial charge >= 0.3 is 0 Å². The van der Waals surface area contributed by atoms with E-state index in [0.717, 1.165) is 49.7 Å². The molecule has 0 aromatic rings. The van der Waals surface area contributed by atoms with Gasteiger partial charge in [0.2, 0.25) is 11.8 Å². The standard InChI is InChI=1S/C24H36N2O2/c1-15-21(3,4)17-7-9-23(15,13-17)19(27)25-11-12-26-20(28)24-10-8-18(14-24)22(5,6)16(24)2/h17-18H,1-2,7-14H2,3-6H3,(H,25,27)(H,26,28). The number of fused-ring (bicyclic) bond motifs is 4. The molecule has 4 aliphatic rings. The Bertz CT molecular complexity index is 701. The molecular formula is C24H36N2O2. The van der Waals surface area contributed by atoms with Gasteiger partial charge < -0.3 is 10.6 Å². The largest absolute Gasteiger partial charge is 0.354 e. The molecule has 4 atom stereocenters. The second kappa shape index (κ2) is 5.96. The summed E-state index contributed by atoms with van der Waals surface area (Å²) in [6, 6.07) is 0. The molecule has 4 aliphatic carbocycles. The molecule has 0 aliphatic heterocycles. The molecule has 2 N–H and O–H groups in total. The van der Waals surface area contributed by atoms with Gasteiger partial charge in [-0.3, -0.25) is 9.59 Å². The molecular weight excluding hydrogens is 348 g/mol. The van der Waals surface area contributed by atoms with Crippen LogP contribution in [0.3, 0.4) is 0 Å². The molecule has 28 heavy (non-hydrogen) atoms. The highest BCUT2D eigenvalue weighted by Gasteiger charge is 2.61. The van der Waals surface area contributed by atoms with E-state index in [1.54, 1.807) is 0 Å². The molecule has 0 radical (unpaired) electrons. The van der Waals surface area contributed by atoms with Gasteiger partial charge in [0.25, 0.3) is 0 Å². The van der Waals surface area contributed by atoms with Gasteiger partial charge in [0.15, 0.2) is 0 Å². The number of carbonyl (C=O) groups is 2. The Hall–Kier alpha value is -1.58. The summed E-state index contributed by atoms with van der Waals surface area (Å²) in [5.74, 6) is 1.34. The van der Waals surface area contributed by atoms with E-state index >= 15 is 0 Å². The molecule has 2 amide bonds. The zero-order chi connectivity index (χ0) is 20.5. The monoisotopic (exact) mass is 384 g/mol. The van der Waals surface area contributed by atoms with Gasteiger partial charge in [-0.2, -0.15) is 0 Å². The van der Waals surface area contributed by atoms with Crippen molar-refractivity contribution in [2.75, 3.05) is 13.1 Å². The SMILES string of the molecule is C=C1C2(C(=O)NCCNC(=O)C34CCC(C3)C(C)(C)C4=C)CCC(C2)C1(C)C. The number of amides is 2. The lowest BCUT2D eigenvalue weighted by molar-refractivity contribution is -0.130. The number of rotatable bonds is 5. The van der Waals surface area contributed by atoms with Crippen LogP contribution in [0.1, 0.15) is 66.2 Å². The normalized spacial score (nSPS) is 39.4. The maximum atomic E-state index is 13.0. The van der Waals surface area contributed by atoms with Crippen LogP contribution < -0.4 is 10.6 Å². The van der Waals surface area contributed by atoms with E-state index in [4.69, 9.17) is 0 Å². The zero-order valence-corrected chi connectivity index (χ0v) is 18.0. The van der Waals surface area contributed by atoms with E-state index in [-0.39, 0.29) is 33.5 Å². The van der Waals surface area contributed by atoms with Crippen molar-refractivity contribution in [3.8, 4) is 0 Å². The lowest BCUT2D eigenvalue weighted by Crippen LogP contribution is -2.46. The average molecular weight is 385 g/mol. The minimum Gasteiger partial charge on any atom is -0.354 e. The van der Waals surface area contributed by atoms with Crippen molar-refractivity contribution < 1.29 is 9.59 Å². The predicted octanol–water partition coefficient (Wildman–Crippen LogP) is 3.98. The van der Waals surface area contributed by atoms with Crippen LogP contribution in [0.5, 0.6) is 0 Å². The van der Waals surface area contributed by atoms with E-state index in [0.29, 0.717) is 24.9 Å². The van der Waals surface area contributed by atoms with E-state index < -0.39 is 0 Å². The van der Waals surface area contributed by atoms with Gasteiger partial charge in [0.05, 0.1) is 10.8 Å². The molecule has 4 unspecified atom stereocenters. The number of hydrogen-bond donors (Lipinski definition) is 2. The summed E-state index contributed by atoms with van der Waals surface area (Å²) in [5.41, 5.74) is 1.52. The minimum absolute atomic E-state index is 0.0532. The first-order valence-electron chi connectivity index (χ1n) is 10.9. The minimum atomic E-state index is -0.390. The summed E-state index contributed by atoms with van der Waals surface area (Å²) in [5, 5.41) is 6.18. The third kappa shape index (κ3) is 2.35. The summed E-state index contributed by atoms with van der Waals surface area (Å²) in [6.07, 6.45) is 5.90. The fourth-order valence-corrected chi connectivity index (χ4v) is 6.97. The number of hydrogen-bond acceptors (Lipinski definition) is 2. The Kier molecular flexibility index (Phi) is 4.20. The maximum absolute atomic E-state index is 13.0. The molecule has 0 aromatic heterocycles. The molecule has 4 heteroatoms. The third-order valence-corrected chi connectivity index (χ3v) is 9.35. The second-order valence-corrected chi connectivity index (χ2v) is 11.0. The van der Waals surface area contributed by atoms with E-state index in [2.05, 4.69) is 51.5 Å². The van der Waals surface area contributed by atoms with Gasteiger partial charge in [-0.1, -0.05) is 52.0 Å². The maximum Gasteiger partial charge on any atom is 0.230 e. The Morgan fingerprint density at radius 2 is 1.18 bits per heavy atom. The van der Waals surface area contributed by atoms with Gasteiger partial charge in [0.1, 0.15) is 0 Å². The Morgan fingerprint density at radius 3 is 1.46 bits per heavy atom. The molecule has 4 fully saturated rings. The number of nitrogens with one attached hydrogen (secondary N) is 2. The first-order chi connectivity index (χ1) is 13.0. The molecule has 0 aromatic carbocycles. The van der Waals surface area contributed by atoms with Crippen molar-refractivity contribution >= 4 is 11.8 Å². The van der Waals surface area contributed by atoms with Crippen molar-refractivity contribution in [2.45, 2.75) is 66.2 Å². The molecule has 0 heterocycles. The van der Waals surface area contributed by atoms with Crippen LogP contribution in [0.15, 0.2) is 24.3 Å². The molecule has 4 rings (SSSR count). The Morgan fingerprint density at radius 1 is 0.821 bits per heavy atom. The number of carbonyl (C=O) groups excluding carboxylic acids is 2. The highest BCUT2D eigenvalue weighted by atomic mass is 16.2. The van der Waals surface area contributed by atoms with Crippen molar-refractivity contribution in [3.05, 3.63) is 24.3 Å². The Balaban J connectivity index is 1.31. The van der Waals surface area contributed by atoms with E-state index in [9.17, 15) is 9.59 Å². The fraction of sp³-hybridized carbons (Fsp3) is 0.750. The smallest absolute Gasteiger partial charge is 0.230 e. The summed E-state index contributed by atoms with van der Waals surface area (Å²) in [4.78, 5) is 26.0. The molecule has 154 valence electrons. The molecule has 4 bridgehead atoms. The summed E-state index contributed by atoms with van der Waals surface area (Å²) < 4.78 is 0. The van der Waals surface area contributed by atoms with Crippen LogP contribution in [0.4, 0.5) is 0 Å². The van der Waals surface area contributed by atoms with Crippen LogP contribution in [0, 0.1) is 33.5 Å². The van der Waals surface area contributed by atoms with Gasteiger partial charge in [-0.25, -0.2) is 0 Å². The van der Waals surface area contributed by atoms with Crippen molar-refractivity contribution in [1.82, 2.24) is 10.6 Å². The first-order valence-corrected chi connectivity index (χ1v) is 10.9. The van der Waals surface area contributed by atoms with Crippen molar-refractivity contribution in [3.63, 3.8) is 0 Å². The Labute approximate surface area is 169 Å². The quantitative estimate of drug-likeness (QED) is 0.556. The van der Waals surface area contributed by atoms with Crippen LogP contribution in [0.25, 0.3) is 0 Å². The summed E-state index contributed by atoms with van der Waals surface area (Å²) >= 11 is 0. The topological polar surface area (TPSA) is 58.2 Å². The highest BCUT2D eigenvalue weighted by molar-refractivity contribution is 5.88. The zero-order valence-electron chi connectivity index (χ0n) is 18.0. The second-order valence-electron chi connectivity index (χ2n) is 11.0. The fourth-order valence-electron chi connectivity index (χ4n) is 6.97. The van der Waals surface area contributed by atoms with E-state index in [1.807, 2.05) is 0 Å². The molecule has 4 nitrogen and oxygen atoms in total. The predicted molar refractivity (Wildman–Crippen MR) is 111 cm³/mol. The van der Waals surface area contributed by atoms with Crippen LogP contribution in [0.2, 0.25) is 0 Å². The van der Waals surface area contributed by atoms with Gasteiger partial charge in [-0.15, -0.1) is 0 Å². The lowest BCUT2D eigenvalue weighted by Gasteiger charge is -2.37. The molecule has 4 saturated carbocycles. The summed E-state index contributed by atoms with van der Waals surface area (Å²) in [7, 11) is 0. The highest BCUT2D eigenvalue weighted by Crippen LogP contribution is 2.66.